The van der Waals surface area contributed by atoms with E-state index in [1.807, 2.05) is 0 Å². The number of hydrogen-bond donors (Lipinski definition) is 5. The zero-order valence-corrected chi connectivity index (χ0v) is 11.9. The Hall–Kier alpha value is -0.110. The third kappa shape index (κ3) is 3.26. The van der Waals surface area contributed by atoms with Gasteiger partial charge in [-0.1, -0.05) is 0 Å². The molecule has 0 radical (unpaired) electrons. The van der Waals surface area contributed by atoms with E-state index in [1.54, 1.807) is 6.92 Å². The molecule has 0 saturated heterocycles. The standard InChI is InChI=1S/C7H13NO7P2S/c1-5-8-4-6(18-5)2-3-7(9,16(10,11)12)17(13,14)15/h4,9H,2-3H2,1H3,(H2,10,11,12)(H2,13,14,15). The largest absolute Gasteiger partial charge is 0.369 e. The molecule has 0 aliphatic carbocycles. The highest BCUT2D eigenvalue weighted by Crippen LogP contribution is 2.69. The summed E-state index contributed by atoms with van der Waals surface area (Å²) in [5.41, 5.74) is 0. The van der Waals surface area contributed by atoms with Crippen LogP contribution in [0.25, 0.3) is 0 Å². The molecule has 0 atom stereocenters. The SMILES string of the molecule is Cc1ncc(CCC(O)(P(=O)(O)O)P(=O)(O)O)s1. The highest BCUT2D eigenvalue weighted by molar-refractivity contribution is 7.72. The molecule has 8 nitrogen and oxygen atoms in total. The first kappa shape index (κ1) is 15.9. The van der Waals surface area contributed by atoms with E-state index in [-0.39, 0.29) is 6.42 Å². The van der Waals surface area contributed by atoms with Crippen LogP contribution in [0.4, 0.5) is 0 Å². The van der Waals surface area contributed by atoms with Gasteiger partial charge in [0.05, 0.1) is 5.01 Å². The molecule has 1 aromatic rings. The van der Waals surface area contributed by atoms with Gasteiger partial charge in [0.25, 0.3) is 5.08 Å². The second-order valence-corrected chi connectivity index (χ2v) is 9.04. The van der Waals surface area contributed by atoms with Gasteiger partial charge in [-0.05, 0) is 13.3 Å². The Kier molecular flexibility index (Phi) is 4.53. The molecule has 5 N–H and O–H groups in total. The first-order valence-electron chi connectivity index (χ1n) is 4.72. The van der Waals surface area contributed by atoms with Crippen LogP contribution in [0.3, 0.4) is 0 Å². The Labute approximate surface area is 107 Å². The highest BCUT2D eigenvalue weighted by Gasteiger charge is 2.58. The molecular weight excluding hydrogens is 304 g/mol. The minimum absolute atomic E-state index is 0.0851. The predicted molar refractivity (Wildman–Crippen MR) is 64.2 cm³/mol. The molecule has 0 saturated carbocycles. The van der Waals surface area contributed by atoms with E-state index >= 15 is 0 Å². The van der Waals surface area contributed by atoms with Crippen molar-refractivity contribution >= 4 is 26.5 Å². The quantitative estimate of drug-likeness (QED) is 0.490. The third-order valence-corrected chi connectivity index (χ3v) is 7.16. The fraction of sp³-hybridized carbons (Fsp3) is 0.571. The maximum Gasteiger partial charge on any atom is 0.369 e. The minimum Gasteiger partial charge on any atom is -0.368 e. The number of nitrogens with zero attached hydrogens (tertiary/aromatic N) is 1. The summed E-state index contributed by atoms with van der Waals surface area (Å²) in [6.07, 6.45) is 0.598. The summed E-state index contributed by atoms with van der Waals surface area (Å²) in [7, 11) is -10.7. The zero-order chi connectivity index (χ0) is 14.2. The second-order valence-electron chi connectivity index (χ2n) is 3.71. The molecule has 0 aliphatic rings. The van der Waals surface area contributed by atoms with E-state index in [0.717, 1.165) is 0 Å². The Balaban J connectivity index is 2.95. The molecule has 1 rings (SSSR count). The van der Waals surface area contributed by atoms with Crippen LogP contribution in [0.15, 0.2) is 6.20 Å². The molecule has 0 amide bonds. The summed E-state index contributed by atoms with van der Waals surface area (Å²) >= 11 is 1.22. The number of thiazole rings is 1. The van der Waals surface area contributed by atoms with Crippen LogP contribution in [0.5, 0.6) is 0 Å². The van der Waals surface area contributed by atoms with E-state index in [2.05, 4.69) is 4.98 Å². The molecule has 1 heterocycles. The van der Waals surface area contributed by atoms with Crippen molar-refractivity contribution in [2.75, 3.05) is 0 Å². The van der Waals surface area contributed by atoms with Crippen LogP contribution in [0, 0.1) is 6.92 Å². The average Bonchev–Trinajstić information content (AvgIpc) is 2.57. The normalized spacial score (nSPS) is 13.9. The van der Waals surface area contributed by atoms with Crippen LogP contribution in [0.2, 0.25) is 0 Å². The van der Waals surface area contributed by atoms with E-state index in [4.69, 9.17) is 19.6 Å². The predicted octanol–water partition coefficient (Wildman–Crippen LogP) is 0.386. The van der Waals surface area contributed by atoms with Crippen molar-refractivity contribution in [3.8, 4) is 0 Å². The molecule has 0 bridgehead atoms. The molecule has 0 fully saturated rings. The Morgan fingerprint density at radius 2 is 1.78 bits per heavy atom. The Bertz CT molecular complexity index is 496. The van der Waals surface area contributed by atoms with Gasteiger partial charge in [-0.3, -0.25) is 9.13 Å². The lowest BCUT2D eigenvalue weighted by Crippen LogP contribution is -2.29. The summed E-state index contributed by atoms with van der Waals surface area (Å²) in [4.78, 5) is 40.1. The Morgan fingerprint density at radius 3 is 2.11 bits per heavy atom. The fourth-order valence-corrected chi connectivity index (χ4v) is 4.23. The molecular formula is C7H13NO7P2S. The highest BCUT2D eigenvalue weighted by atomic mass is 32.1. The van der Waals surface area contributed by atoms with Gasteiger partial charge in [0.1, 0.15) is 0 Å². The lowest BCUT2D eigenvalue weighted by molar-refractivity contribution is 0.123. The van der Waals surface area contributed by atoms with Gasteiger partial charge in [0.2, 0.25) is 0 Å². The number of aromatic nitrogens is 1. The maximum absolute atomic E-state index is 11.1. The van der Waals surface area contributed by atoms with Crippen LogP contribution in [-0.4, -0.2) is 34.7 Å². The molecule has 1 aromatic heterocycles. The number of aliphatic hydroxyl groups is 1. The van der Waals surface area contributed by atoms with Gasteiger partial charge in [-0.25, -0.2) is 4.98 Å². The number of aryl methyl sites for hydroxylation is 2. The van der Waals surface area contributed by atoms with Gasteiger partial charge >= 0.3 is 15.2 Å². The van der Waals surface area contributed by atoms with E-state index in [1.165, 1.54) is 17.5 Å². The van der Waals surface area contributed by atoms with Crippen molar-refractivity contribution in [3.05, 3.63) is 16.1 Å². The summed E-state index contributed by atoms with van der Waals surface area (Å²) in [6.45, 7) is 1.71. The van der Waals surface area contributed by atoms with E-state index in [0.29, 0.717) is 9.88 Å². The first-order valence-corrected chi connectivity index (χ1v) is 8.76. The summed E-state index contributed by atoms with van der Waals surface area (Å²) in [5, 5.41) is 6.97. The smallest absolute Gasteiger partial charge is 0.368 e. The average molecular weight is 317 g/mol. The van der Waals surface area contributed by atoms with Gasteiger partial charge in [0.15, 0.2) is 0 Å². The van der Waals surface area contributed by atoms with E-state index < -0.39 is 26.7 Å². The van der Waals surface area contributed by atoms with Crippen LogP contribution >= 0.6 is 26.5 Å². The third-order valence-electron chi connectivity index (χ3n) is 2.31. The minimum atomic E-state index is -5.36. The molecule has 104 valence electrons. The monoisotopic (exact) mass is 317 g/mol. The van der Waals surface area contributed by atoms with Gasteiger partial charge in [-0.2, -0.15) is 0 Å². The summed E-state index contributed by atoms with van der Waals surface area (Å²) in [6, 6.07) is 0. The lowest BCUT2D eigenvalue weighted by Gasteiger charge is -2.28. The van der Waals surface area contributed by atoms with Crippen molar-refractivity contribution in [3.63, 3.8) is 0 Å². The lowest BCUT2D eigenvalue weighted by atomic mass is 10.3. The number of rotatable bonds is 5. The van der Waals surface area contributed by atoms with Crippen LogP contribution in [-0.2, 0) is 15.6 Å². The van der Waals surface area contributed by atoms with Crippen molar-refractivity contribution in [2.24, 2.45) is 0 Å². The van der Waals surface area contributed by atoms with E-state index in [9.17, 15) is 14.2 Å². The van der Waals surface area contributed by atoms with Crippen molar-refractivity contribution in [1.82, 2.24) is 4.98 Å². The molecule has 0 unspecified atom stereocenters. The van der Waals surface area contributed by atoms with Crippen molar-refractivity contribution < 1.29 is 33.8 Å². The molecule has 18 heavy (non-hydrogen) atoms. The Morgan fingerprint density at radius 1 is 1.28 bits per heavy atom. The number of hydrogen-bond acceptors (Lipinski definition) is 5. The fourth-order valence-electron chi connectivity index (χ4n) is 1.27. The zero-order valence-electron chi connectivity index (χ0n) is 9.29. The molecule has 11 heteroatoms. The second kappa shape index (κ2) is 5.11. The van der Waals surface area contributed by atoms with Crippen LogP contribution < -0.4 is 0 Å². The topological polar surface area (TPSA) is 148 Å². The van der Waals surface area contributed by atoms with Gasteiger partial charge in [0, 0.05) is 17.5 Å². The molecule has 0 spiro atoms. The maximum atomic E-state index is 11.1. The van der Waals surface area contributed by atoms with Crippen molar-refractivity contribution in [2.45, 2.75) is 24.8 Å². The van der Waals surface area contributed by atoms with Crippen molar-refractivity contribution in [1.29, 1.82) is 0 Å². The first-order chi connectivity index (χ1) is 7.97. The van der Waals surface area contributed by atoms with Crippen LogP contribution in [0.1, 0.15) is 16.3 Å². The molecule has 0 aliphatic heterocycles. The summed E-state index contributed by atoms with van der Waals surface area (Å²) < 4.78 is 22.1. The summed E-state index contributed by atoms with van der Waals surface area (Å²) in [5.74, 6) is 0. The van der Waals surface area contributed by atoms with Gasteiger partial charge < -0.3 is 24.7 Å². The molecule has 0 aromatic carbocycles. The van der Waals surface area contributed by atoms with Gasteiger partial charge in [-0.15, -0.1) is 11.3 Å².